The average molecular weight is 399 g/mol. The summed E-state index contributed by atoms with van der Waals surface area (Å²) in [5.41, 5.74) is 0.873. The van der Waals surface area contributed by atoms with Crippen molar-refractivity contribution in [2.24, 2.45) is 0 Å². The van der Waals surface area contributed by atoms with E-state index in [0.29, 0.717) is 23.1 Å². The van der Waals surface area contributed by atoms with Crippen LogP contribution in [0.2, 0.25) is 0 Å². The van der Waals surface area contributed by atoms with Crippen LogP contribution in [0.25, 0.3) is 0 Å². The van der Waals surface area contributed by atoms with Gasteiger partial charge in [-0.25, -0.2) is 4.39 Å². The Hall–Kier alpha value is -3.46. The van der Waals surface area contributed by atoms with Crippen LogP contribution in [0.4, 0.5) is 20.6 Å². The predicted octanol–water partition coefficient (Wildman–Crippen LogP) is 2.98. The number of nitrogens with zero attached hydrogens (tertiary/aromatic N) is 1. The minimum Gasteiger partial charge on any atom is -0.325 e. The molecule has 0 spiro atoms. The Morgan fingerprint density at radius 3 is 2.29 bits per heavy atom. The number of rotatable bonds is 5. The molecule has 0 saturated carbocycles. The smallest absolute Gasteiger partial charge is 0.294 e. The van der Waals surface area contributed by atoms with Gasteiger partial charge >= 0.3 is 0 Å². The first kappa shape index (κ1) is 19.3. The molecule has 1 fully saturated rings. The third-order valence-corrected chi connectivity index (χ3v) is 4.51. The van der Waals surface area contributed by atoms with Gasteiger partial charge in [-0.3, -0.25) is 24.1 Å². The fourth-order valence-corrected chi connectivity index (χ4v) is 3.14. The normalized spacial score (nSPS) is 15.0. The van der Waals surface area contributed by atoms with Crippen LogP contribution >= 0.6 is 11.8 Å². The van der Waals surface area contributed by atoms with Crippen molar-refractivity contribution in [1.82, 2.24) is 4.90 Å². The summed E-state index contributed by atoms with van der Waals surface area (Å²) < 4.78 is 12.9. The second-order valence-electron chi connectivity index (χ2n) is 5.68. The lowest BCUT2D eigenvalue weighted by molar-refractivity contribution is -0.127. The van der Waals surface area contributed by atoms with Gasteiger partial charge in [0.2, 0.25) is 11.8 Å². The van der Waals surface area contributed by atoms with E-state index in [0.717, 1.165) is 11.0 Å². The van der Waals surface area contributed by atoms with Crippen molar-refractivity contribution in [2.75, 3.05) is 17.2 Å². The molecule has 9 heteroatoms. The van der Waals surface area contributed by atoms with Crippen LogP contribution in [0.1, 0.15) is 0 Å². The Labute approximate surface area is 163 Å². The summed E-state index contributed by atoms with van der Waals surface area (Å²) in [5.74, 6) is -2.36. The summed E-state index contributed by atoms with van der Waals surface area (Å²) in [6.45, 7) is -0.462. The largest absolute Gasteiger partial charge is 0.325 e. The highest BCUT2D eigenvalue weighted by atomic mass is 32.2. The molecule has 0 bridgehead atoms. The highest BCUT2D eigenvalue weighted by Gasteiger charge is 2.36. The van der Waals surface area contributed by atoms with Crippen molar-refractivity contribution >= 4 is 46.1 Å². The molecule has 142 valence electrons. The number of nitrogens with one attached hydrogen (secondary N) is 2. The van der Waals surface area contributed by atoms with Crippen LogP contribution in [-0.2, 0) is 14.4 Å². The number of thioether (sulfide) groups is 1. The predicted molar refractivity (Wildman–Crippen MR) is 103 cm³/mol. The topological polar surface area (TPSA) is 95.6 Å². The van der Waals surface area contributed by atoms with E-state index in [9.17, 15) is 23.6 Å². The molecule has 7 nitrogen and oxygen atoms in total. The van der Waals surface area contributed by atoms with E-state index < -0.39 is 35.3 Å². The van der Waals surface area contributed by atoms with Gasteiger partial charge in [-0.15, -0.1) is 0 Å². The number of para-hydroxylation sites is 1. The first-order chi connectivity index (χ1) is 13.4. The Bertz CT molecular complexity index is 961. The van der Waals surface area contributed by atoms with Crippen LogP contribution in [0.5, 0.6) is 0 Å². The van der Waals surface area contributed by atoms with Crippen molar-refractivity contribution < 1.29 is 23.6 Å². The van der Waals surface area contributed by atoms with Gasteiger partial charge in [0.25, 0.3) is 11.1 Å². The molecule has 2 aromatic rings. The minimum atomic E-state index is -0.729. The quantitative estimate of drug-likeness (QED) is 0.754. The molecule has 1 aliphatic heterocycles. The van der Waals surface area contributed by atoms with Crippen LogP contribution in [-0.4, -0.2) is 34.4 Å². The van der Waals surface area contributed by atoms with Crippen molar-refractivity contribution in [1.29, 1.82) is 0 Å². The van der Waals surface area contributed by atoms with Gasteiger partial charge in [-0.05, 0) is 48.2 Å². The first-order valence-corrected chi connectivity index (χ1v) is 8.91. The Morgan fingerprint density at radius 2 is 1.61 bits per heavy atom. The third kappa shape index (κ3) is 4.83. The highest BCUT2D eigenvalue weighted by Crippen LogP contribution is 2.30. The van der Waals surface area contributed by atoms with Gasteiger partial charge in [-0.1, -0.05) is 18.2 Å². The molecular weight excluding hydrogens is 385 g/mol. The van der Waals surface area contributed by atoms with Crippen molar-refractivity contribution in [3.8, 4) is 0 Å². The Morgan fingerprint density at radius 1 is 0.964 bits per heavy atom. The average Bonchev–Trinajstić information content (AvgIpc) is 2.92. The van der Waals surface area contributed by atoms with Crippen molar-refractivity contribution in [3.63, 3.8) is 0 Å². The second-order valence-corrected chi connectivity index (χ2v) is 6.67. The number of carbonyl (C=O) groups excluding carboxylic acids is 4. The summed E-state index contributed by atoms with van der Waals surface area (Å²) in [6.07, 6.45) is 0.976. The van der Waals surface area contributed by atoms with Crippen molar-refractivity contribution in [2.45, 2.75) is 0 Å². The molecule has 28 heavy (non-hydrogen) atoms. The number of anilines is 2. The molecule has 4 amide bonds. The maximum atomic E-state index is 12.9. The van der Waals surface area contributed by atoms with E-state index in [4.69, 9.17) is 0 Å². The number of halogens is 1. The summed E-state index contributed by atoms with van der Waals surface area (Å²) in [5, 5.41) is 4.40. The number of hydrogen-bond acceptors (Lipinski definition) is 5. The van der Waals surface area contributed by atoms with E-state index in [1.807, 2.05) is 0 Å². The van der Waals surface area contributed by atoms with Gasteiger partial charge in [0.05, 0.1) is 4.91 Å². The van der Waals surface area contributed by atoms with Gasteiger partial charge < -0.3 is 10.6 Å². The van der Waals surface area contributed by atoms with Crippen LogP contribution in [0.15, 0.2) is 65.6 Å². The van der Waals surface area contributed by atoms with Gasteiger partial charge in [-0.2, -0.15) is 0 Å². The first-order valence-electron chi connectivity index (χ1n) is 8.09. The third-order valence-electron chi connectivity index (χ3n) is 3.61. The van der Waals surface area contributed by atoms with Crippen LogP contribution in [0, 0.1) is 5.82 Å². The standard InChI is InChI=1S/C19H14FN3O4S/c20-12-6-8-14(9-7-12)21-16(24)10-15-18(26)23(19(27)28-15)11-17(25)22-13-4-2-1-3-5-13/h1-10H,11H2,(H,21,24)(H,22,25)/b15-10-. The summed E-state index contributed by atoms with van der Waals surface area (Å²) in [7, 11) is 0. The Kier molecular flexibility index (Phi) is 5.85. The maximum absolute atomic E-state index is 12.9. The molecule has 1 aliphatic rings. The molecule has 0 aliphatic carbocycles. The number of amides is 4. The lowest BCUT2D eigenvalue weighted by Crippen LogP contribution is -2.36. The van der Waals surface area contributed by atoms with E-state index >= 15 is 0 Å². The molecule has 0 unspecified atom stereocenters. The van der Waals surface area contributed by atoms with Gasteiger partial charge in [0.1, 0.15) is 12.4 Å². The minimum absolute atomic E-state index is 0.0999. The van der Waals surface area contributed by atoms with Gasteiger partial charge in [0, 0.05) is 17.5 Å². The lowest BCUT2D eigenvalue weighted by Gasteiger charge is -2.12. The molecule has 1 saturated heterocycles. The zero-order valence-electron chi connectivity index (χ0n) is 14.3. The summed E-state index contributed by atoms with van der Waals surface area (Å²) in [4.78, 5) is 49.1. The number of carbonyl (C=O) groups is 4. The van der Waals surface area contributed by atoms with Crippen molar-refractivity contribution in [3.05, 3.63) is 71.4 Å². The van der Waals surface area contributed by atoms with E-state index in [2.05, 4.69) is 10.6 Å². The molecule has 0 aromatic heterocycles. The fourth-order valence-electron chi connectivity index (χ4n) is 2.33. The molecule has 0 atom stereocenters. The Balaban J connectivity index is 1.62. The maximum Gasteiger partial charge on any atom is 0.294 e. The second kappa shape index (κ2) is 8.49. The van der Waals surface area contributed by atoms with Crippen LogP contribution < -0.4 is 10.6 Å². The molecule has 3 rings (SSSR count). The number of hydrogen-bond donors (Lipinski definition) is 2. The summed E-state index contributed by atoms with van der Waals surface area (Å²) >= 11 is 0.569. The monoisotopic (exact) mass is 399 g/mol. The van der Waals surface area contributed by atoms with E-state index in [-0.39, 0.29) is 4.91 Å². The zero-order chi connectivity index (χ0) is 20.1. The zero-order valence-corrected chi connectivity index (χ0v) is 15.2. The number of imide groups is 1. The highest BCUT2D eigenvalue weighted by molar-refractivity contribution is 8.18. The molecule has 2 N–H and O–H groups in total. The summed E-state index contributed by atoms with van der Waals surface area (Å²) in [6, 6.07) is 13.7. The fraction of sp³-hybridized carbons (Fsp3) is 0.0526. The van der Waals surface area contributed by atoms with Crippen LogP contribution in [0.3, 0.4) is 0 Å². The lowest BCUT2D eigenvalue weighted by atomic mass is 10.3. The van der Waals surface area contributed by atoms with E-state index in [1.165, 1.54) is 24.3 Å². The van der Waals surface area contributed by atoms with E-state index in [1.54, 1.807) is 30.3 Å². The molecular formula is C19H14FN3O4S. The molecule has 1 heterocycles. The van der Waals surface area contributed by atoms with Gasteiger partial charge in [0.15, 0.2) is 0 Å². The molecule has 0 radical (unpaired) electrons. The molecule has 2 aromatic carbocycles. The SMILES string of the molecule is O=C(/C=C1\SC(=O)N(CC(=O)Nc2ccccc2)C1=O)Nc1ccc(F)cc1. The number of benzene rings is 2.